The fraction of sp³-hybridized carbons (Fsp3) is 0.526. The molecule has 1 heterocycles. The summed E-state index contributed by atoms with van der Waals surface area (Å²) in [6.07, 6.45) is -2.09. The van der Waals surface area contributed by atoms with Gasteiger partial charge in [-0.05, 0) is 24.5 Å². The molecule has 0 aliphatic carbocycles. The molecule has 2 rings (SSSR count). The van der Waals surface area contributed by atoms with E-state index in [-0.39, 0.29) is 29.8 Å². The Morgan fingerprint density at radius 3 is 2.52 bits per heavy atom. The van der Waals surface area contributed by atoms with E-state index < -0.39 is 35.1 Å². The summed E-state index contributed by atoms with van der Waals surface area (Å²) in [6, 6.07) is 2.54. The summed E-state index contributed by atoms with van der Waals surface area (Å²) in [5.74, 6) is -1.07. The second-order valence-corrected chi connectivity index (χ2v) is 6.94. The zero-order chi connectivity index (χ0) is 21.7. The average molecular weight is 409 g/mol. The molecule has 0 radical (unpaired) electrons. The molecule has 158 valence electrons. The minimum absolute atomic E-state index is 0.0488. The van der Waals surface area contributed by atoms with Crippen LogP contribution in [0.5, 0.6) is 5.75 Å². The smallest absolute Gasteiger partial charge is 0.312 e. The van der Waals surface area contributed by atoms with Crippen LogP contribution in [0.15, 0.2) is 12.1 Å². The number of hydrogen-bond donors (Lipinski definition) is 0. The molecule has 10 heteroatoms. The van der Waals surface area contributed by atoms with Crippen molar-refractivity contribution in [1.29, 1.82) is 0 Å². The largest absolute Gasteiger partial charge is 0.465 e. The van der Waals surface area contributed by atoms with E-state index in [1.165, 1.54) is 13.0 Å². The van der Waals surface area contributed by atoms with E-state index >= 15 is 0 Å². The Balaban J connectivity index is 2.42. The second-order valence-electron chi connectivity index (χ2n) is 6.94. The van der Waals surface area contributed by atoms with Gasteiger partial charge in [0.15, 0.2) is 6.10 Å². The van der Waals surface area contributed by atoms with E-state index in [2.05, 4.69) is 0 Å². The van der Waals surface area contributed by atoms with E-state index in [0.29, 0.717) is 18.3 Å². The van der Waals surface area contributed by atoms with Gasteiger partial charge in [0.25, 0.3) is 6.47 Å². The Labute approximate surface area is 167 Å². The standard InChI is InChI=1S/C19H23NO9/c1-10-5-14(7-21)6-15(20(24)25)17(10)29-19-18(27-13(4)23)12(3)11(2)16(28-19)8-26-9-22/h5-7,9,11-12,16,18-19H,8H2,1-4H3. The molecular weight excluding hydrogens is 386 g/mol. The maximum absolute atomic E-state index is 11.6. The zero-order valence-electron chi connectivity index (χ0n) is 16.5. The van der Waals surface area contributed by atoms with Crippen LogP contribution < -0.4 is 4.74 Å². The van der Waals surface area contributed by atoms with Crippen molar-refractivity contribution in [2.75, 3.05) is 6.61 Å². The summed E-state index contributed by atoms with van der Waals surface area (Å²) in [5, 5.41) is 11.5. The van der Waals surface area contributed by atoms with Crippen molar-refractivity contribution in [2.24, 2.45) is 11.8 Å². The summed E-state index contributed by atoms with van der Waals surface area (Å²) >= 11 is 0. The van der Waals surface area contributed by atoms with Gasteiger partial charge in [-0.2, -0.15) is 0 Å². The first-order valence-electron chi connectivity index (χ1n) is 8.98. The number of carbonyl (C=O) groups is 3. The van der Waals surface area contributed by atoms with Crippen LogP contribution >= 0.6 is 0 Å². The van der Waals surface area contributed by atoms with Gasteiger partial charge in [-0.15, -0.1) is 0 Å². The van der Waals surface area contributed by atoms with Crippen LogP contribution in [0.4, 0.5) is 5.69 Å². The van der Waals surface area contributed by atoms with Crippen molar-refractivity contribution in [1.82, 2.24) is 0 Å². The summed E-state index contributed by atoms with van der Waals surface area (Å²) in [4.78, 5) is 44.0. The number of aryl methyl sites for hydroxylation is 1. The molecule has 1 aromatic rings. The van der Waals surface area contributed by atoms with Gasteiger partial charge >= 0.3 is 11.7 Å². The molecule has 5 atom stereocenters. The first kappa shape index (κ1) is 22.3. The Morgan fingerprint density at radius 2 is 1.97 bits per heavy atom. The number of esters is 1. The molecule has 0 spiro atoms. The molecule has 0 aromatic heterocycles. The predicted octanol–water partition coefficient (Wildman–Crippen LogP) is 2.20. The number of nitro benzene ring substituents is 1. The molecule has 1 aliphatic heterocycles. The summed E-state index contributed by atoms with van der Waals surface area (Å²) in [7, 11) is 0. The van der Waals surface area contributed by atoms with Gasteiger partial charge in [0.2, 0.25) is 12.0 Å². The third-order valence-corrected chi connectivity index (χ3v) is 4.99. The number of nitro groups is 1. The first-order valence-corrected chi connectivity index (χ1v) is 8.98. The topological polar surface area (TPSA) is 131 Å². The first-order chi connectivity index (χ1) is 13.7. The van der Waals surface area contributed by atoms with E-state index in [9.17, 15) is 24.5 Å². The second kappa shape index (κ2) is 9.46. The molecule has 0 N–H and O–H groups in total. The Hall–Kier alpha value is -3.01. The molecule has 0 saturated carbocycles. The van der Waals surface area contributed by atoms with Gasteiger partial charge in [0.1, 0.15) is 12.9 Å². The van der Waals surface area contributed by atoms with Gasteiger partial charge in [0, 0.05) is 24.5 Å². The lowest BCUT2D eigenvalue weighted by molar-refractivity contribution is -0.387. The highest BCUT2D eigenvalue weighted by Gasteiger charge is 2.46. The predicted molar refractivity (Wildman–Crippen MR) is 98.4 cm³/mol. The molecule has 5 unspecified atom stereocenters. The molecule has 1 aromatic carbocycles. The van der Waals surface area contributed by atoms with Crippen molar-refractivity contribution in [3.8, 4) is 5.75 Å². The van der Waals surface area contributed by atoms with Crippen LogP contribution in [0.1, 0.15) is 36.7 Å². The molecular formula is C19H23NO9. The van der Waals surface area contributed by atoms with Crippen LogP contribution in [-0.2, 0) is 23.8 Å². The summed E-state index contributed by atoms with van der Waals surface area (Å²) in [5.41, 5.74) is 0.0598. The highest BCUT2D eigenvalue weighted by atomic mass is 16.7. The van der Waals surface area contributed by atoms with E-state index in [1.54, 1.807) is 6.92 Å². The maximum Gasteiger partial charge on any atom is 0.312 e. The number of nitrogens with zero attached hydrogens (tertiary/aromatic N) is 1. The van der Waals surface area contributed by atoms with Crippen LogP contribution in [0.2, 0.25) is 0 Å². The number of aldehydes is 1. The van der Waals surface area contributed by atoms with Crippen molar-refractivity contribution < 1.29 is 38.3 Å². The normalized spacial score (nSPS) is 26.3. The van der Waals surface area contributed by atoms with Gasteiger partial charge in [-0.25, -0.2) is 0 Å². The molecule has 1 saturated heterocycles. The highest BCUT2D eigenvalue weighted by molar-refractivity contribution is 5.78. The molecule has 29 heavy (non-hydrogen) atoms. The van der Waals surface area contributed by atoms with Gasteiger partial charge in [0.05, 0.1) is 11.0 Å². The number of ether oxygens (including phenoxy) is 4. The lowest BCUT2D eigenvalue weighted by Crippen LogP contribution is -2.54. The SMILES string of the molecule is CC(=O)OC1C(Oc2c(C)cc(C=O)cc2[N+](=O)[O-])OC(COC=O)C(C)C1C. The van der Waals surface area contributed by atoms with Crippen molar-refractivity contribution in [2.45, 2.75) is 46.2 Å². The number of hydrogen-bond acceptors (Lipinski definition) is 9. The van der Waals surface area contributed by atoms with Crippen molar-refractivity contribution in [3.05, 3.63) is 33.4 Å². The zero-order valence-corrected chi connectivity index (χ0v) is 16.5. The van der Waals surface area contributed by atoms with Crippen LogP contribution in [0.25, 0.3) is 0 Å². The fourth-order valence-corrected chi connectivity index (χ4v) is 3.29. The van der Waals surface area contributed by atoms with E-state index in [1.807, 2.05) is 13.8 Å². The number of benzene rings is 1. The lowest BCUT2D eigenvalue weighted by Gasteiger charge is -2.43. The minimum atomic E-state index is -1.18. The minimum Gasteiger partial charge on any atom is -0.465 e. The van der Waals surface area contributed by atoms with Gasteiger partial charge < -0.3 is 18.9 Å². The van der Waals surface area contributed by atoms with E-state index in [4.69, 9.17) is 18.9 Å². The Kier molecular flexibility index (Phi) is 7.27. The summed E-state index contributed by atoms with van der Waals surface area (Å²) < 4.78 is 21.9. The lowest BCUT2D eigenvalue weighted by atomic mass is 9.83. The third kappa shape index (κ3) is 5.08. The van der Waals surface area contributed by atoms with Crippen LogP contribution in [0, 0.1) is 28.9 Å². The van der Waals surface area contributed by atoms with Crippen molar-refractivity contribution >= 4 is 24.4 Å². The maximum atomic E-state index is 11.6. The van der Waals surface area contributed by atoms with Crippen LogP contribution in [0.3, 0.4) is 0 Å². The molecule has 1 fully saturated rings. The number of carbonyl (C=O) groups excluding carboxylic acids is 3. The van der Waals surface area contributed by atoms with Gasteiger partial charge in [-0.3, -0.25) is 24.5 Å². The quantitative estimate of drug-likeness (QED) is 0.274. The van der Waals surface area contributed by atoms with Gasteiger partial charge in [-0.1, -0.05) is 13.8 Å². The fourth-order valence-electron chi connectivity index (χ4n) is 3.29. The molecule has 10 nitrogen and oxygen atoms in total. The monoisotopic (exact) mass is 409 g/mol. The van der Waals surface area contributed by atoms with E-state index in [0.717, 1.165) is 6.07 Å². The molecule has 0 amide bonds. The number of rotatable bonds is 8. The third-order valence-electron chi connectivity index (χ3n) is 4.99. The molecule has 0 bridgehead atoms. The Bertz CT molecular complexity index is 794. The molecule has 1 aliphatic rings. The van der Waals surface area contributed by atoms with Crippen LogP contribution in [-0.4, -0.2) is 48.8 Å². The summed E-state index contributed by atoms with van der Waals surface area (Å²) in [6.45, 7) is 6.71. The van der Waals surface area contributed by atoms with Crippen molar-refractivity contribution in [3.63, 3.8) is 0 Å². The highest BCUT2D eigenvalue weighted by Crippen LogP contribution is 2.38. The Morgan fingerprint density at radius 1 is 1.28 bits per heavy atom. The average Bonchev–Trinajstić information content (AvgIpc) is 2.67.